The Labute approximate surface area is 133 Å². The summed E-state index contributed by atoms with van der Waals surface area (Å²) in [5.74, 6) is 0. The SMILES string of the molecule is C[C@H](c1ccccn1)N1CCN(C(=O)OC(C)(C)C)C[C@@H]1C. The van der Waals surface area contributed by atoms with Crippen LogP contribution in [0.4, 0.5) is 4.79 Å². The molecule has 1 aromatic heterocycles. The first-order chi connectivity index (χ1) is 10.3. The van der Waals surface area contributed by atoms with Crippen molar-refractivity contribution in [3.63, 3.8) is 0 Å². The van der Waals surface area contributed by atoms with Crippen molar-refractivity contribution in [3.8, 4) is 0 Å². The highest BCUT2D eigenvalue weighted by molar-refractivity contribution is 5.68. The van der Waals surface area contributed by atoms with Crippen molar-refractivity contribution < 1.29 is 9.53 Å². The lowest BCUT2D eigenvalue weighted by molar-refractivity contribution is -0.00103. The first-order valence-electron chi connectivity index (χ1n) is 7.92. The summed E-state index contributed by atoms with van der Waals surface area (Å²) in [6, 6.07) is 6.52. The Morgan fingerprint density at radius 1 is 1.36 bits per heavy atom. The fourth-order valence-electron chi connectivity index (χ4n) is 2.83. The van der Waals surface area contributed by atoms with Crippen LogP contribution >= 0.6 is 0 Å². The Balaban J connectivity index is 1.97. The zero-order valence-electron chi connectivity index (χ0n) is 14.2. The molecule has 1 fully saturated rings. The molecule has 122 valence electrons. The molecular formula is C17H27N3O2. The molecule has 0 aromatic carbocycles. The normalized spacial score (nSPS) is 21.5. The van der Waals surface area contributed by atoms with Gasteiger partial charge in [-0.05, 0) is 46.8 Å². The molecule has 0 saturated carbocycles. The third-order valence-electron chi connectivity index (χ3n) is 3.94. The lowest BCUT2D eigenvalue weighted by Crippen LogP contribution is -2.54. The van der Waals surface area contributed by atoms with E-state index in [1.807, 2.05) is 39.1 Å². The van der Waals surface area contributed by atoms with Gasteiger partial charge in [0.25, 0.3) is 0 Å². The van der Waals surface area contributed by atoms with Crippen molar-refractivity contribution >= 4 is 6.09 Å². The van der Waals surface area contributed by atoms with Gasteiger partial charge in [-0.25, -0.2) is 4.79 Å². The average molecular weight is 305 g/mol. The Hall–Kier alpha value is -1.62. The van der Waals surface area contributed by atoms with Crippen molar-refractivity contribution in [2.75, 3.05) is 19.6 Å². The van der Waals surface area contributed by atoms with E-state index in [0.717, 1.165) is 12.2 Å². The van der Waals surface area contributed by atoms with Crippen molar-refractivity contribution in [1.82, 2.24) is 14.8 Å². The summed E-state index contributed by atoms with van der Waals surface area (Å²) in [6.45, 7) is 12.2. The predicted octanol–water partition coefficient (Wildman–Crippen LogP) is 3.08. The molecular weight excluding hydrogens is 278 g/mol. The van der Waals surface area contributed by atoms with Gasteiger partial charge in [-0.15, -0.1) is 0 Å². The topological polar surface area (TPSA) is 45.7 Å². The van der Waals surface area contributed by atoms with Crippen molar-refractivity contribution in [2.24, 2.45) is 0 Å². The fraction of sp³-hybridized carbons (Fsp3) is 0.647. The van der Waals surface area contributed by atoms with Crippen LogP contribution in [-0.2, 0) is 4.74 Å². The Kier molecular flexibility index (Phi) is 5.06. The molecule has 2 rings (SSSR count). The molecule has 1 saturated heterocycles. The summed E-state index contributed by atoms with van der Waals surface area (Å²) in [7, 11) is 0. The molecule has 1 aromatic rings. The van der Waals surface area contributed by atoms with Gasteiger partial charge in [-0.1, -0.05) is 6.07 Å². The molecule has 0 aliphatic carbocycles. The Morgan fingerprint density at radius 2 is 2.09 bits per heavy atom. The quantitative estimate of drug-likeness (QED) is 0.842. The van der Waals surface area contributed by atoms with Crippen molar-refractivity contribution in [1.29, 1.82) is 0 Å². The second-order valence-electron chi connectivity index (χ2n) is 6.94. The molecule has 22 heavy (non-hydrogen) atoms. The number of amides is 1. The summed E-state index contributed by atoms with van der Waals surface area (Å²) >= 11 is 0. The van der Waals surface area contributed by atoms with Gasteiger partial charge in [0.1, 0.15) is 5.60 Å². The third-order valence-corrected chi connectivity index (χ3v) is 3.94. The molecule has 2 heterocycles. The Morgan fingerprint density at radius 3 is 2.64 bits per heavy atom. The molecule has 5 nitrogen and oxygen atoms in total. The minimum absolute atomic E-state index is 0.218. The molecule has 0 spiro atoms. The second kappa shape index (κ2) is 6.65. The highest BCUT2D eigenvalue weighted by atomic mass is 16.6. The van der Waals surface area contributed by atoms with Crippen LogP contribution in [-0.4, -0.2) is 52.2 Å². The molecule has 1 aliphatic heterocycles. The number of ether oxygens (including phenoxy) is 1. The average Bonchev–Trinajstić information content (AvgIpc) is 2.45. The van der Waals surface area contributed by atoms with E-state index in [1.165, 1.54) is 0 Å². The van der Waals surface area contributed by atoms with E-state index in [-0.39, 0.29) is 18.2 Å². The van der Waals surface area contributed by atoms with Gasteiger partial charge in [-0.2, -0.15) is 0 Å². The zero-order chi connectivity index (χ0) is 16.3. The van der Waals surface area contributed by atoms with Crippen molar-refractivity contribution in [2.45, 2.75) is 52.3 Å². The zero-order valence-corrected chi connectivity index (χ0v) is 14.2. The largest absolute Gasteiger partial charge is 0.444 e. The van der Waals surface area contributed by atoms with Crippen LogP contribution in [0.5, 0.6) is 0 Å². The first-order valence-corrected chi connectivity index (χ1v) is 7.92. The van der Waals surface area contributed by atoms with E-state index in [2.05, 4.69) is 29.8 Å². The van der Waals surface area contributed by atoms with Crippen LogP contribution < -0.4 is 0 Å². The van der Waals surface area contributed by atoms with Gasteiger partial charge in [-0.3, -0.25) is 9.88 Å². The summed E-state index contributed by atoms with van der Waals surface area (Å²) in [4.78, 5) is 20.8. The fourth-order valence-corrected chi connectivity index (χ4v) is 2.83. The predicted molar refractivity (Wildman–Crippen MR) is 86.6 cm³/mol. The maximum atomic E-state index is 12.2. The van der Waals surface area contributed by atoms with Crippen LogP contribution in [0.15, 0.2) is 24.4 Å². The number of hydrogen-bond acceptors (Lipinski definition) is 4. The lowest BCUT2D eigenvalue weighted by atomic mass is 10.1. The van der Waals surface area contributed by atoms with Gasteiger partial charge < -0.3 is 9.64 Å². The second-order valence-corrected chi connectivity index (χ2v) is 6.94. The number of nitrogens with zero attached hydrogens (tertiary/aromatic N) is 3. The van der Waals surface area contributed by atoms with Crippen LogP contribution in [0.2, 0.25) is 0 Å². The number of piperazine rings is 1. The van der Waals surface area contributed by atoms with Gasteiger partial charge in [0.05, 0.1) is 5.69 Å². The van der Waals surface area contributed by atoms with E-state index in [9.17, 15) is 4.79 Å². The summed E-state index contributed by atoms with van der Waals surface area (Å²) in [5, 5.41) is 0. The number of carbonyl (C=O) groups is 1. The highest BCUT2D eigenvalue weighted by Gasteiger charge is 2.32. The number of pyridine rings is 1. The minimum Gasteiger partial charge on any atom is -0.444 e. The first kappa shape index (κ1) is 16.7. The number of hydrogen-bond donors (Lipinski definition) is 0. The van der Waals surface area contributed by atoms with Crippen LogP contribution in [0.25, 0.3) is 0 Å². The molecule has 5 heteroatoms. The smallest absolute Gasteiger partial charge is 0.410 e. The van der Waals surface area contributed by atoms with Gasteiger partial charge in [0.2, 0.25) is 0 Å². The number of aromatic nitrogens is 1. The molecule has 0 radical (unpaired) electrons. The van der Waals surface area contributed by atoms with E-state index in [4.69, 9.17) is 4.74 Å². The standard InChI is InChI=1S/C17H27N3O2/c1-13-12-19(16(21)22-17(3,4)5)10-11-20(13)14(2)15-8-6-7-9-18-15/h6-9,13-14H,10-12H2,1-5H3/t13-,14+/m0/s1. The van der Waals surface area contributed by atoms with Gasteiger partial charge in [0.15, 0.2) is 0 Å². The molecule has 1 amide bonds. The van der Waals surface area contributed by atoms with Crippen molar-refractivity contribution in [3.05, 3.63) is 30.1 Å². The third kappa shape index (κ3) is 4.19. The summed E-state index contributed by atoms with van der Waals surface area (Å²) in [5.41, 5.74) is 0.624. The molecule has 2 atom stereocenters. The lowest BCUT2D eigenvalue weighted by Gasteiger charge is -2.42. The maximum Gasteiger partial charge on any atom is 0.410 e. The minimum atomic E-state index is -0.446. The van der Waals surface area contributed by atoms with E-state index >= 15 is 0 Å². The molecule has 0 N–H and O–H groups in total. The van der Waals surface area contributed by atoms with Gasteiger partial charge >= 0.3 is 6.09 Å². The molecule has 1 aliphatic rings. The Bertz CT molecular complexity index is 498. The maximum absolute atomic E-state index is 12.2. The van der Waals surface area contributed by atoms with Crippen LogP contribution in [0.3, 0.4) is 0 Å². The number of rotatable bonds is 2. The van der Waals surface area contributed by atoms with Gasteiger partial charge in [0, 0.05) is 37.9 Å². The molecule has 0 bridgehead atoms. The highest BCUT2D eigenvalue weighted by Crippen LogP contribution is 2.24. The summed E-state index contributed by atoms with van der Waals surface area (Å²) < 4.78 is 5.46. The van der Waals surface area contributed by atoms with E-state index in [0.29, 0.717) is 13.1 Å². The van der Waals surface area contributed by atoms with E-state index < -0.39 is 5.60 Å². The monoisotopic (exact) mass is 305 g/mol. The molecule has 0 unspecified atom stereocenters. The summed E-state index contributed by atoms with van der Waals surface area (Å²) in [6.07, 6.45) is 1.61. The van der Waals surface area contributed by atoms with Crippen LogP contribution in [0, 0.1) is 0 Å². The number of carbonyl (C=O) groups excluding carboxylic acids is 1. The van der Waals surface area contributed by atoms with E-state index in [1.54, 1.807) is 4.90 Å². The van der Waals surface area contributed by atoms with Crippen LogP contribution in [0.1, 0.15) is 46.4 Å².